The highest BCUT2D eigenvalue weighted by Gasteiger charge is 2.40. The van der Waals surface area contributed by atoms with Gasteiger partial charge in [0.25, 0.3) is 5.91 Å². The lowest BCUT2D eigenvalue weighted by molar-refractivity contribution is -0.137. The molecule has 10 rings (SSSR count). The number of piperidine rings is 3. The number of carbonyl (C=O) groups is 3. The molecule has 5 aliphatic rings. The predicted molar refractivity (Wildman–Crippen MR) is 246 cm³/mol. The van der Waals surface area contributed by atoms with Gasteiger partial charge in [-0.2, -0.15) is 13.2 Å². The number of piperazine rings is 1. The molecule has 2 N–H and O–H groups in total. The second kappa shape index (κ2) is 18.9. The number of fused-ring (bicyclic) bond motifs is 2. The van der Waals surface area contributed by atoms with Crippen LogP contribution < -0.4 is 15.9 Å². The van der Waals surface area contributed by atoms with Crippen molar-refractivity contribution in [2.75, 3.05) is 70.3 Å². The Morgan fingerprint density at radius 3 is 2.29 bits per heavy atom. The molecule has 68 heavy (non-hydrogen) atoms. The van der Waals surface area contributed by atoms with Crippen LogP contribution in [0.5, 0.6) is 0 Å². The van der Waals surface area contributed by atoms with Gasteiger partial charge in [0.15, 0.2) is 5.82 Å². The Bertz CT molecular complexity index is 2750. The van der Waals surface area contributed by atoms with Gasteiger partial charge in [-0.1, -0.05) is 12.1 Å². The Balaban J connectivity index is 0.668. The molecule has 8 heterocycles. The summed E-state index contributed by atoms with van der Waals surface area (Å²) in [5.74, 6) is 0.683. The second-order valence-corrected chi connectivity index (χ2v) is 19.4. The van der Waals surface area contributed by atoms with E-state index in [0.29, 0.717) is 59.5 Å². The maximum Gasteiger partial charge on any atom is 0.418 e. The molecule has 0 aliphatic carbocycles. The lowest BCUT2D eigenvalue weighted by Crippen LogP contribution is -2.52. The molecule has 5 aromatic rings. The minimum Gasteiger partial charge on any atom is -0.380 e. The summed E-state index contributed by atoms with van der Waals surface area (Å²) in [6.07, 6.45) is 4.39. The van der Waals surface area contributed by atoms with Gasteiger partial charge < -0.3 is 24.4 Å². The van der Waals surface area contributed by atoms with Crippen LogP contribution in [-0.2, 0) is 35.9 Å². The Morgan fingerprint density at radius 2 is 1.57 bits per heavy atom. The first-order valence-electron chi connectivity index (χ1n) is 23.9. The number of carbonyl (C=O) groups excluding carboxylic acids is 3. The first-order chi connectivity index (χ1) is 32.7. The highest BCUT2D eigenvalue weighted by molar-refractivity contribution is 6.05. The maximum absolute atomic E-state index is 14.6. The van der Waals surface area contributed by atoms with Gasteiger partial charge in [0.05, 0.1) is 16.8 Å². The number of likely N-dealkylation sites (tertiary alicyclic amines) is 2. The first-order valence-corrected chi connectivity index (χ1v) is 23.9. The van der Waals surface area contributed by atoms with E-state index in [2.05, 4.69) is 41.2 Å². The molecule has 0 bridgehead atoms. The molecule has 0 unspecified atom stereocenters. The zero-order chi connectivity index (χ0) is 47.3. The van der Waals surface area contributed by atoms with E-state index in [-0.39, 0.29) is 23.8 Å². The van der Waals surface area contributed by atoms with Crippen molar-refractivity contribution in [1.29, 1.82) is 0 Å². The molecule has 4 saturated heterocycles. The number of amides is 3. The Labute approximate surface area is 391 Å². The lowest BCUT2D eigenvalue weighted by Gasteiger charge is -2.40. The molecule has 3 aromatic heterocycles. The molecule has 360 valence electrons. The minimum atomic E-state index is -4.68. The smallest absolute Gasteiger partial charge is 0.380 e. The number of pyridine rings is 1. The fourth-order valence-corrected chi connectivity index (χ4v) is 11.0. The summed E-state index contributed by atoms with van der Waals surface area (Å²) in [4.78, 5) is 62.4. The summed E-state index contributed by atoms with van der Waals surface area (Å²) in [6.45, 7) is 10.4. The van der Waals surface area contributed by atoms with E-state index >= 15 is 0 Å². The number of aliphatic hydroxyl groups excluding tert-OH is 1. The van der Waals surface area contributed by atoms with Crippen molar-refractivity contribution in [2.45, 2.75) is 76.4 Å². The number of hydrogen-bond donors (Lipinski definition) is 2. The summed E-state index contributed by atoms with van der Waals surface area (Å²) < 4.78 is 47.5. The van der Waals surface area contributed by atoms with Crippen molar-refractivity contribution >= 4 is 28.9 Å². The van der Waals surface area contributed by atoms with Gasteiger partial charge >= 0.3 is 11.9 Å². The number of imidazole rings is 1. The number of nitrogens with zero attached hydrogens (tertiary/aromatic N) is 10. The Kier molecular flexibility index (Phi) is 12.7. The Hall–Kier alpha value is -5.89. The van der Waals surface area contributed by atoms with E-state index in [0.717, 1.165) is 100 Å². The Morgan fingerprint density at radius 1 is 0.824 bits per heavy atom. The number of halogens is 3. The van der Waals surface area contributed by atoms with E-state index < -0.39 is 35.5 Å². The van der Waals surface area contributed by atoms with Crippen molar-refractivity contribution < 1.29 is 32.7 Å². The summed E-state index contributed by atoms with van der Waals surface area (Å²) in [7, 11) is 1.69. The van der Waals surface area contributed by atoms with Crippen LogP contribution in [0.4, 0.5) is 18.9 Å². The van der Waals surface area contributed by atoms with Crippen LogP contribution in [0.25, 0.3) is 11.2 Å². The quantitative estimate of drug-likeness (QED) is 0.173. The first kappa shape index (κ1) is 45.9. The summed E-state index contributed by atoms with van der Waals surface area (Å²) >= 11 is 0. The zero-order valence-electron chi connectivity index (χ0n) is 38.3. The molecule has 0 spiro atoms. The molecule has 2 atom stereocenters. The standard InChI is InChI=1S/C49H58F3N11O5/c1-56-31-53-55-45(56)44(65)35-3-2-4-38(24-35)61-30-42-40(49(50,51)52)23-34(28-63(42)48(61)68)27-58-17-10-32(11-18-58)9-14-57-15-12-33(13-16-57)26-59-19-21-60(22-20-59)37-5-6-39-36(25-37)29-62(47(39)67)41-7-8-43(64)54-46(41)66/h2-6,23-25,28,30-33,41,44,65H,7-22,26-27,29H2,1H3,(H,54,64,66)/t41-,44+/m0/s1. The number of aryl methyl sites for hydroxylation is 1. The number of nitrogens with one attached hydrogen (secondary N) is 1. The normalized spacial score (nSPS) is 21.2. The van der Waals surface area contributed by atoms with Gasteiger partial charge in [0.1, 0.15) is 18.5 Å². The third-order valence-corrected chi connectivity index (χ3v) is 15.0. The van der Waals surface area contributed by atoms with E-state index in [1.54, 1.807) is 40.8 Å². The number of aromatic nitrogens is 5. The van der Waals surface area contributed by atoms with Crippen LogP contribution in [0.15, 0.2) is 72.0 Å². The molecular weight excluding hydrogens is 880 g/mol. The van der Waals surface area contributed by atoms with Gasteiger partial charge in [-0.3, -0.25) is 38.5 Å². The number of imide groups is 1. The number of aliphatic hydroxyl groups is 1. The lowest BCUT2D eigenvalue weighted by atomic mass is 9.91. The molecule has 0 radical (unpaired) electrons. The SMILES string of the molecule is Cn1cnnc1[C@H](O)c1cccc(-n2cc3c(C(F)(F)F)cc(CN4CCC(CCN5CCC(CN6CCN(c7ccc8c(c7)CN([C@H]7CCC(=O)NC7=O)C8=O)CC6)CC5)CC4)cn3c2=O)c1. The molecule has 3 amide bonds. The summed E-state index contributed by atoms with van der Waals surface area (Å²) in [5, 5.41) is 21.1. The third kappa shape index (κ3) is 9.45. The number of rotatable bonds is 12. The average Bonchev–Trinajstić information content (AvgIpc) is 4.02. The second-order valence-electron chi connectivity index (χ2n) is 19.4. The van der Waals surface area contributed by atoms with E-state index in [1.807, 2.05) is 12.1 Å². The van der Waals surface area contributed by atoms with Crippen LogP contribution in [0.1, 0.15) is 89.5 Å². The number of alkyl halides is 3. The fraction of sp³-hybridized carbons (Fsp3) is 0.510. The van der Waals surface area contributed by atoms with Crippen LogP contribution in [0.2, 0.25) is 0 Å². The molecule has 0 saturated carbocycles. The summed E-state index contributed by atoms with van der Waals surface area (Å²) in [6, 6.07) is 13.0. The van der Waals surface area contributed by atoms with Crippen molar-refractivity contribution in [3.05, 3.63) is 111 Å². The molecule has 5 aliphatic heterocycles. The van der Waals surface area contributed by atoms with Crippen molar-refractivity contribution in [1.82, 2.24) is 48.6 Å². The summed E-state index contributed by atoms with van der Waals surface area (Å²) in [5.41, 5.74) is 2.11. The van der Waals surface area contributed by atoms with Crippen LogP contribution in [0, 0.1) is 11.8 Å². The topological polar surface area (TPSA) is 157 Å². The number of anilines is 1. The minimum absolute atomic E-state index is 0.149. The largest absolute Gasteiger partial charge is 0.418 e. The molecule has 16 nitrogen and oxygen atoms in total. The monoisotopic (exact) mass is 937 g/mol. The molecule has 2 aromatic carbocycles. The van der Waals surface area contributed by atoms with Crippen molar-refractivity contribution in [3.63, 3.8) is 0 Å². The van der Waals surface area contributed by atoms with Crippen molar-refractivity contribution in [3.8, 4) is 5.69 Å². The predicted octanol–water partition coefficient (Wildman–Crippen LogP) is 4.22. The third-order valence-electron chi connectivity index (χ3n) is 15.0. The molecule has 19 heteroatoms. The number of benzene rings is 2. The molecule has 4 fully saturated rings. The van der Waals surface area contributed by atoms with Gasteiger partial charge in [-0.15, -0.1) is 10.2 Å². The van der Waals surface area contributed by atoms with E-state index in [9.17, 15) is 37.5 Å². The highest BCUT2D eigenvalue weighted by Crippen LogP contribution is 2.35. The fourth-order valence-electron chi connectivity index (χ4n) is 11.0. The average molecular weight is 938 g/mol. The van der Waals surface area contributed by atoms with E-state index in [4.69, 9.17) is 0 Å². The van der Waals surface area contributed by atoms with Gasteiger partial charge in [-0.05, 0) is 136 Å². The highest BCUT2D eigenvalue weighted by atomic mass is 19.4. The van der Waals surface area contributed by atoms with E-state index in [1.165, 1.54) is 42.2 Å². The van der Waals surface area contributed by atoms with Gasteiger partial charge in [0, 0.05) is 82.9 Å². The van der Waals surface area contributed by atoms with Crippen LogP contribution in [-0.4, -0.2) is 138 Å². The number of hydrogen-bond acceptors (Lipinski definition) is 11. The van der Waals surface area contributed by atoms with Gasteiger partial charge in [0.2, 0.25) is 11.8 Å². The van der Waals surface area contributed by atoms with Crippen LogP contribution in [0.3, 0.4) is 0 Å². The van der Waals surface area contributed by atoms with Crippen molar-refractivity contribution in [2.24, 2.45) is 18.9 Å². The maximum atomic E-state index is 14.6. The zero-order valence-corrected chi connectivity index (χ0v) is 38.3. The van der Waals surface area contributed by atoms with Gasteiger partial charge in [-0.25, -0.2) is 4.79 Å². The van der Waals surface area contributed by atoms with Crippen LogP contribution >= 0.6 is 0 Å². The molecular formula is C49H58F3N11O5.